The minimum Gasteiger partial charge on any atom is -0.237 e. The Hall–Kier alpha value is -2.95. The van der Waals surface area contributed by atoms with Crippen molar-refractivity contribution in [3.05, 3.63) is 95.7 Å². The first kappa shape index (κ1) is 16.9. The minimum absolute atomic E-state index is 0.118. The van der Waals surface area contributed by atoms with Crippen LogP contribution in [0.4, 0.5) is 19.0 Å². The quantitative estimate of drug-likeness (QED) is 0.587. The molecular formula is C20H15F3N2. The number of nitrogens with zero attached hydrogens (tertiary/aromatic N) is 2. The van der Waals surface area contributed by atoms with Crippen LogP contribution in [-0.2, 0) is 6.42 Å². The van der Waals surface area contributed by atoms with Crippen molar-refractivity contribution >= 4 is 11.5 Å². The maximum absolute atomic E-state index is 12.4. The van der Waals surface area contributed by atoms with Crippen LogP contribution in [0, 0.1) is 0 Å². The maximum atomic E-state index is 12.4. The Kier molecular flexibility index (Phi) is 4.93. The van der Waals surface area contributed by atoms with E-state index in [1.54, 1.807) is 0 Å². The van der Waals surface area contributed by atoms with E-state index in [2.05, 4.69) is 9.98 Å². The fraction of sp³-hybridized carbons (Fsp3) is 0.100. The topological polar surface area (TPSA) is 25.2 Å². The van der Waals surface area contributed by atoms with E-state index in [9.17, 15) is 13.2 Å². The largest absolute Gasteiger partial charge is 0.393 e. The monoisotopic (exact) mass is 340 g/mol. The highest BCUT2D eigenvalue weighted by molar-refractivity contribution is 6.13. The zero-order chi connectivity index (χ0) is 17.7. The molecule has 0 bridgehead atoms. The summed E-state index contributed by atoms with van der Waals surface area (Å²) in [5, 5.41) is 0. The minimum atomic E-state index is -4.24. The van der Waals surface area contributed by atoms with Gasteiger partial charge in [-0.15, -0.1) is 0 Å². The molecule has 0 aliphatic carbocycles. The molecule has 0 saturated heterocycles. The number of halogens is 3. The van der Waals surface area contributed by atoms with Crippen molar-refractivity contribution in [1.29, 1.82) is 0 Å². The molecule has 0 N–H and O–H groups in total. The molecule has 3 aromatic rings. The molecule has 126 valence electrons. The predicted molar refractivity (Wildman–Crippen MR) is 92.2 cm³/mol. The molecule has 0 atom stereocenters. The van der Waals surface area contributed by atoms with Gasteiger partial charge in [-0.05, 0) is 11.6 Å². The van der Waals surface area contributed by atoms with Crippen LogP contribution in [0.3, 0.4) is 0 Å². The summed E-state index contributed by atoms with van der Waals surface area (Å²) in [6.07, 6.45) is -4.01. The Morgan fingerprint density at radius 3 is 1.80 bits per heavy atom. The van der Waals surface area contributed by atoms with Gasteiger partial charge in [0.1, 0.15) is 0 Å². The summed E-state index contributed by atoms with van der Waals surface area (Å²) in [6.45, 7) is 0. The van der Waals surface area contributed by atoms with Gasteiger partial charge in [0.2, 0.25) is 0 Å². The average molecular weight is 340 g/mol. The molecule has 0 radical (unpaired) electrons. The van der Waals surface area contributed by atoms with Gasteiger partial charge >= 0.3 is 6.18 Å². The van der Waals surface area contributed by atoms with Crippen LogP contribution in [-0.4, -0.2) is 16.9 Å². The van der Waals surface area contributed by atoms with Crippen LogP contribution in [0.25, 0.3) is 0 Å². The lowest BCUT2D eigenvalue weighted by molar-refractivity contribution is -0.127. The molecule has 0 amide bonds. The number of rotatable bonds is 4. The number of pyridine rings is 1. The molecule has 5 heteroatoms. The number of aliphatic imine (C=N–C) groups is 1. The van der Waals surface area contributed by atoms with E-state index in [0.717, 1.165) is 16.8 Å². The van der Waals surface area contributed by atoms with Gasteiger partial charge in [-0.2, -0.15) is 13.2 Å². The summed E-state index contributed by atoms with van der Waals surface area (Å²) in [4.78, 5) is 8.63. The van der Waals surface area contributed by atoms with Crippen LogP contribution in [0.2, 0.25) is 0 Å². The summed E-state index contributed by atoms with van der Waals surface area (Å²) in [5.74, 6) is 0.369. The highest BCUT2D eigenvalue weighted by atomic mass is 19.4. The van der Waals surface area contributed by atoms with Gasteiger partial charge in [-0.3, -0.25) is 0 Å². The standard InChI is InChI=1S/C20H15F3N2/c21-20(22,23)13-15-11-12-18(24-14-15)25-19(16-7-3-1-4-8-16)17-9-5-2-6-10-17/h1-12,14H,13H2. The molecule has 1 aromatic heterocycles. The third-order valence-corrected chi connectivity index (χ3v) is 3.53. The molecule has 0 saturated carbocycles. The molecule has 3 rings (SSSR count). The first-order chi connectivity index (χ1) is 12.0. The second kappa shape index (κ2) is 7.30. The van der Waals surface area contributed by atoms with Gasteiger partial charge in [0.15, 0.2) is 5.82 Å². The van der Waals surface area contributed by atoms with Crippen LogP contribution >= 0.6 is 0 Å². The molecule has 0 aliphatic rings. The molecule has 0 fully saturated rings. The Bertz CT molecular complexity index is 798. The maximum Gasteiger partial charge on any atom is 0.393 e. The zero-order valence-corrected chi connectivity index (χ0v) is 13.2. The summed E-state index contributed by atoms with van der Waals surface area (Å²) in [5.41, 5.74) is 2.66. The van der Waals surface area contributed by atoms with Crippen molar-refractivity contribution in [3.8, 4) is 0 Å². The van der Waals surface area contributed by atoms with Gasteiger partial charge in [0.05, 0.1) is 12.1 Å². The van der Waals surface area contributed by atoms with Gasteiger partial charge in [-0.1, -0.05) is 66.7 Å². The first-order valence-electron chi connectivity index (χ1n) is 7.72. The second-order valence-corrected chi connectivity index (χ2v) is 5.51. The zero-order valence-electron chi connectivity index (χ0n) is 13.2. The predicted octanol–water partition coefficient (Wildman–Crippen LogP) is 5.36. The lowest BCUT2D eigenvalue weighted by atomic mass is 10.0. The lowest BCUT2D eigenvalue weighted by Gasteiger charge is -2.08. The Morgan fingerprint density at radius 2 is 1.36 bits per heavy atom. The Balaban J connectivity index is 1.96. The van der Waals surface area contributed by atoms with E-state index >= 15 is 0 Å². The van der Waals surface area contributed by atoms with E-state index in [4.69, 9.17) is 0 Å². The van der Waals surface area contributed by atoms with Gasteiger partial charge in [0.25, 0.3) is 0 Å². The molecule has 0 unspecified atom stereocenters. The van der Waals surface area contributed by atoms with Crippen molar-refractivity contribution in [2.45, 2.75) is 12.6 Å². The van der Waals surface area contributed by atoms with Crippen LogP contribution in [0.5, 0.6) is 0 Å². The van der Waals surface area contributed by atoms with Crippen LogP contribution in [0.1, 0.15) is 16.7 Å². The fourth-order valence-electron chi connectivity index (χ4n) is 2.42. The van der Waals surface area contributed by atoms with E-state index in [0.29, 0.717) is 5.82 Å². The molecule has 25 heavy (non-hydrogen) atoms. The van der Waals surface area contributed by atoms with Crippen molar-refractivity contribution in [3.63, 3.8) is 0 Å². The fourth-order valence-corrected chi connectivity index (χ4v) is 2.42. The number of alkyl halides is 3. The molecular weight excluding hydrogens is 325 g/mol. The smallest absolute Gasteiger partial charge is 0.237 e. The molecule has 2 aromatic carbocycles. The van der Waals surface area contributed by atoms with Gasteiger partial charge in [0, 0.05) is 17.3 Å². The summed E-state index contributed by atoms with van der Waals surface area (Å²) in [6, 6.07) is 22.1. The Labute approximate surface area is 143 Å². The third-order valence-electron chi connectivity index (χ3n) is 3.53. The number of benzene rings is 2. The van der Waals surface area contributed by atoms with Crippen molar-refractivity contribution in [2.24, 2.45) is 4.99 Å². The van der Waals surface area contributed by atoms with Gasteiger partial charge in [-0.25, -0.2) is 9.98 Å². The first-order valence-corrected chi connectivity index (χ1v) is 7.72. The highest BCUT2D eigenvalue weighted by Gasteiger charge is 2.27. The molecule has 0 spiro atoms. The lowest BCUT2D eigenvalue weighted by Crippen LogP contribution is -2.11. The molecule has 0 aliphatic heterocycles. The average Bonchev–Trinajstić information content (AvgIpc) is 2.61. The number of hydrogen-bond donors (Lipinski definition) is 0. The number of aromatic nitrogens is 1. The molecule has 1 heterocycles. The Morgan fingerprint density at radius 1 is 0.800 bits per heavy atom. The van der Waals surface area contributed by atoms with Crippen molar-refractivity contribution in [2.75, 3.05) is 0 Å². The van der Waals surface area contributed by atoms with E-state index in [1.807, 2.05) is 60.7 Å². The highest BCUT2D eigenvalue weighted by Crippen LogP contribution is 2.22. The van der Waals surface area contributed by atoms with E-state index in [1.165, 1.54) is 18.3 Å². The summed E-state index contributed by atoms with van der Waals surface area (Å²) in [7, 11) is 0. The van der Waals surface area contributed by atoms with Crippen molar-refractivity contribution in [1.82, 2.24) is 4.98 Å². The third kappa shape index (κ3) is 4.76. The van der Waals surface area contributed by atoms with Crippen LogP contribution in [0.15, 0.2) is 84.0 Å². The van der Waals surface area contributed by atoms with E-state index in [-0.39, 0.29) is 5.56 Å². The summed E-state index contributed by atoms with van der Waals surface area (Å²) >= 11 is 0. The van der Waals surface area contributed by atoms with Crippen LogP contribution < -0.4 is 0 Å². The summed E-state index contributed by atoms with van der Waals surface area (Å²) < 4.78 is 37.3. The second-order valence-electron chi connectivity index (χ2n) is 5.51. The number of hydrogen-bond acceptors (Lipinski definition) is 2. The van der Waals surface area contributed by atoms with Crippen molar-refractivity contribution < 1.29 is 13.2 Å². The van der Waals surface area contributed by atoms with E-state index < -0.39 is 12.6 Å². The van der Waals surface area contributed by atoms with Gasteiger partial charge < -0.3 is 0 Å². The SMILES string of the molecule is FC(F)(F)Cc1ccc(N=C(c2ccccc2)c2ccccc2)nc1. The normalized spacial score (nSPS) is 11.2. The molecule has 2 nitrogen and oxygen atoms in total.